The Morgan fingerprint density at radius 2 is 2.00 bits per heavy atom. The zero-order valence-corrected chi connectivity index (χ0v) is 21.0. The monoisotopic (exact) mass is 475 g/mol. The summed E-state index contributed by atoms with van der Waals surface area (Å²) in [7, 11) is 3.54. The van der Waals surface area contributed by atoms with Crippen LogP contribution in [0.1, 0.15) is 49.3 Å². The van der Waals surface area contributed by atoms with E-state index in [9.17, 15) is 4.79 Å². The van der Waals surface area contributed by atoms with Gasteiger partial charge in [-0.3, -0.25) is 0 Å². The van der Waals surface area contributed by atoms with E-state index >= 15 is 0 Å². The first-order chi connectivity index (χ1) is 16.8. The van der Waals surface area contributed by atoms with Gasteiger partial charge in [-0.25, -0.2) is 14.8 Å². The molecular weight excluding hydrogens is 442 g/mol. The zero-order valence-electron chi connectivity index (χ0n) is 21.0. The van der Waals surface area contributed by atoms with Gasteiger partial charge in [-0.05, 0) is 56.5 Å². The lowest BCUT2D eigenvalue weighted by atomic mass is 10.1. The van der Waals surface area contributed by atoms with Crippen molar-refractivity contribution in [2.24, 2.45) is 18.7 Å². The molecule has 0 saturated heterocycles. The fourth-order valence-corrected chi connectivity index (χ4v) is 4.29. The molecule has 8 heteroatoms. The molecular formula is C27H33N5O3. The van der Waals surface area contributed by atoms with Crippen LogP contribution >= 0.6 is 0 Å². The maximum Gasteiger partial charge on any atom is 0.338 e. The van der Waals surface area contributed by atoms with Gasteiger partial charge in [0.1, 0.15) is 16.9 Å². The summed E-state index contributed by atoms with van der Waals surface area (Å²) in [6.07, 6.45) is 2.87. The van der Waals surface area contributed by atoms with Crippen LogP contribution in [-0.4, -0.2) is 38.8 Å². The van der Waals surface area contributed by atoms with E-state index in [4.69, 9.17) is 25.2 Å². The molecule has 0 amide bonds. The highest BCUT2D eigenvalue weighted by Gasteiger charge is 2.22. The summed E-state index contributed by atoms with van der Waals surface area (Å²) in [6, 6.07) is 9.41. The Kier molecular flexibility index (Phi) is 6.93. The van der Waals surface area contributed by atoms with E-state index < -0.39 is 5.97 Å². The number of rotatable bonds is 9. The largest absolute Gasteiger partial charge is 0.494 e. The number of pyridine rings is 1. The quantitative estimate of drug-likeness (QED) is 0.270. The molecule has 0 spiro atoms. The second kappa shape index (κ2) is 9.92. The van der Waals surface area contributed by atoms with Crippen molar-refractivity contribution >= 4 is 28.0 Å². The number of esters is 1. The Bertz CT molecular complexity index is 1400. The number of aromatic nitrogens is 4. The summed E-state index contributed by atoms with van der Waals surface area (Å²) >= 11 is 0. The predicted octanol–water partition coefficient (Wildman–Crippen LogP) is 5.01. The Morgan fingerprint density at radius 3 is 2.66 bits per heavy atom. The number of carbonyl (C=O) groups excluding carboxylic acids is 1. The van der Waals surface area contributed by atoms with Gasteiger partial charge in [0.15, 0.2) is 5.82 Å². The fraction of sp³-hybridized carbons (Fsp3) is 0.370. The second-order valence-electron chi connectivity index (χ2n) is 8.88. The van der Waals surface area contributed by atoms with Crippen LogP contribution in [0.2, 0.25) is 0 Å². The summed E-state index contributed by atoms with van der Waals surface area (Å²) in [5.41, 5.74) is 10.6. The molecule has 0 aliphatic carbocycles. The van der Waals surface area contributed by atoms with E-state index in [1.54, 1.807) is 26.2 Å². The molecule has 0 aliphatic heterocycles. The predicted molar refractivity (Wildman–Crippen MR) is 139 cm³/mol. The number of allylic oxidation sites excluding steroid dienone is 1. The van der Waals surface area contributed by atoms with Crippen molar-refractivity contribution in [2.45, 2.75) is 39.8 Å². The number of carbonyl (C=O) groups is 1. The van der Waals surface area contributed by atoms with Crippen molar-refractivity contribution in [3.8, 4) is 17.3 Å². The molecule has 0 radical (unpaired) electrons. The van der Waals surface area contributed by atoms with Crippen molar-refractivity contribution in [1.82, 2.24) is 19.1 Å². The molecule has 1 aromatic carbocycles. The van der Waals surface area contributed by atoms with Crippen molar-refractivity contribution in [3.63, 3.8) is 0 Å². The minimum atomic E-state index is -0.403. The highest BCUT2D eigenvalue weighted by molar-refractivity contribution is 5.97. The standard InChI is InChI=1S/C27H33N5O3/c1-7-16(3)11-12-32-22(14-18-9-10-20(17(4)28)29-25(18)32)26-30-21-13-19(27(33)35-8-2)15-23(34-6)24(21)31(26)5/h7,9-10,13-17H,1,8,11-12,28H2,2-6H3/t16-,17-/m1/s1. The minimum absolute atomic E-state index is 0.167. The van der Waals surface area contributed by atoms with Gasteiger partial charge in [0.2, 0.25) is 0 Å². The number of ether oxygens (including phenoxy) is 2. The maximum absolute atomic E-state index is 12.4. The first kappa shape index (κ1) is 24.5. The molecule has 184 valence electrons. The summed E-state index contributed by atoms with van der Waals surface area (Å²) in [4.78, 5) is 22.2. The molecule has 4 aromatic rings. The molecule has 2 atom stereocenters. The second-order valence-corrected chi connectivity index (χ2v) is 8.88. The number of benzene rings is 1. The van der Waals surface area contributed by atoms with E-state index in [1.165, 1.54) is 0 Å². The lowest BCUT2D eigenvalue weighted by Gasteiger charge is -2.13. The van der Waals surface area contributed by atoms with Gasteiger partial charge in [0, 0.05) is 25.0 Å². The normalized spacial score (nSPS) is 13.2. The first-order valence-electron chi connectivity index (χ1n) is 11.9. The highest BCUT2D eigenvalue weighted by atomic mass is 16.5. The molecule has 2 N–H and O–H groups in total. The molecule has 0 fully saturated rings. The minimum Gasteiger partial charge on any atom is -0.494 e. The topological polar surface area (TPSA) is 97.2 Å². The number of nitrogens with zero attached hydrogens (tertiary/aromatic N) is 4. The number of hydrogen-bond donors (Lipinski definition) is 1. The number of methoxy groups -OCH3 is 1. The van der Waals surface area contributed by atoms with Crippen LogP contribution in [0, 0.1) is 5.92 Å². The lowest BCUT2D eigenvalue weighted by molar-refractivity contribution is 0.0526. The maximum atomic E-state index is 12.4. The van der Waals surface area contributed by atoms with Crippen LogP contribution in [0.15, 0.2) is 43.0 Å². The van der Waals surface area contributed by atoms with Gasteiger partial charge in [0.25, 0.3) is 0 Å². The lowest BCUT2D eigenvalue weighted by Crippen LogP contribution is -2.10. The molecule has 3 aromatic heterocycles. The average Bonchev–Trinajstić information content (AvgIpc) is 3.38. The Hall–Kier alpha value is -3.65. The van der Waals surface area contributed by atoms with E-state index in [0.29, 0.717) is 29.4 Å². The van der Waals surface area contributed by atoms with E-state index in [2.05, 4.69) is 30.2 Å². The van der Waals surface area contributed by atoms with Gasteiger partial charge in [-0.1, -0.05) is 13.0 Å². The third-order valence-electron chi connectivity index (χ3n) is 6.34. The number of aryl methyl sites for hydroxylation is 2. The molecule has 3 heterocycles. The third-order valence-corrected chi connectivity index (χ3v) is 6.34. The average molecular weight is 476 g/mol. The van der Waals surface area contributed by atoms with Crippen molar-refractivity contribution < 1.29 is 14.3 Å². The molecule has 8 nitrogen and oxygen atoms in total. The van der Waals surface area contributed by atoms with Crippen molar-refractivity contribution in [2.75, 3.05) is 13.7 Å². The van der Waals surface area contributed by atoms with E-state index in [1.807, 2.05) is 30.7 Å². The molecule has 0 bridgehead atoms. The van der Waals surface area contributed by atoms with Crippen LogP contribution in [0.25, 0.3) is 33.6 Å². The number of fused-ring (bicyclic) bond motifs is 2. The van der Waals surface area contributed by atoms with Crippen LogP contribution in [0.3, 0.4) is 0 Å². The van der Waals surface area contributed by atoms with Crippen LogP contribution < -0.4 is 10.5 Å². The zero-order chi connectivity index (χ0) is 25.3. The molecule has 0 saturated carbocycles. The van der Waals surface area contributed by atoms with Crippen molar-refractivity contribution in [3.05, 3.63) is 54.2 Å². The highest BCUT2D eigenvalue weighted by Crippen LogP contribution is 2.34. The van der Waals surface area contributed by atoms with E-state index in [-0.39, 0.29) is 6.04 Å². The van der Waals surface area contributed by atoms with E-state index in [0.717, 1.165) is 46.7 Å². The molecule has 35 heavy (non-hydrogen) atoms. The van der Waals surface area contributed by atoms with Crippen LogP contribution in [0.4, 0.5) is 0 Å². The summed E-state index contributed by atoms with van der Waals surface area (Å²) in [5, 5.41) is 1.02. The summed E-state index contributed by atoms with van der Waals surface area (Å²) in [5.74, 6) is 1.27. The van der Waals surface area contributed by atoms with Gasteiger partial charge >= 0.3 is 5.97 Å². The number of hydrogen-bond acceptors (Lipinski definition) is 6. The Labute approximate surface area is 205 Å². The van der Waals surface area contributed by atoms with Crippen LogP contribution in [-0.2, 0) is 18.3 Å². The molecule has 4 rings (SSSR count). The SMILES string of the molecule is C=C[C@@H](C)CCn1c(-c2nc3cc(C(=O)OCC)cc(OC)c3n2C)cc2ccc([C@@H](C)N)nc21. The first-order valence-corrected chi connectivity index (χ1v) is 11.9. The third kappa shape index (κ3) is 4.53. The number of nitrogens with two attached hydrogens (primary N) is 1. The smallest absolute Gasteiger partial charge is 0.338 e. The summed E-state index contributed by atoms with van der Waals surface area (Å²) in [6.45, 7) is 10.8. The molecule has 0 aliphatic rings. The van der Waals surface area contributed by atoms with Crippen LogP contribution in [0.5, 0.6) is 5.75 Å². The van der Waals surface area contributed by atoms with Gasteiger partial charge in [-0.2, -0.15) is 0 Å². The number of imidazole rings is 1. The summed E-state index contributed by atoms with van der Waals surface area (Å²) < 4.78 is 15.0. The molecule has 0 unspecified atom stereocenters. The van der Waals surface area contributed by atoms with Gasteiger partial charge in [0.05, 0.1) is 36.2 Å². The van der Waals surface area contributed by atoms with Gasteiger partial charge in [-0.15, -0.1) is 6.58 Å². The Balaban J connectivity index is 1.93. The van der Waals surface area contributed by atoms with Crippen molar-refractivity contribution in [1.29, 1.82) is 0 Å². The fourth-order valence-electron chi connectivity index (χ4n) is 4.29. The Morgan fingerprint density at radius 1 is 1.23 bits per heavy atom. The van der Waals surface area contributed by atoms with Gasteiger partial charge < -0.3 is 24.3 Å².